The van der Waals surface area contributed by atoms with Crippen LogP contribution < -0.4 is 5.56 Å². The number of hydrogen-bond donors (Lipinski definition) is 0. The van der Waals surface area contributed by atoms with Crippen LogP contribution in [-0.4, -0.2) is 63.2 Å². The number of hydrogen-bond acceptors (Lipinski definition) is 6. The summed E-state index contributed by atoms with van der Waals surface area (Å²) in [5.74, 6) is 0.110. The van der Waals surface area contributed by atoms with Crippen LogP contribution in [0.5, 0.6) is 0 Å². The average molecular weight is 421 g/mol. The normalized spacial score (nSPS) is 16.5. The summed E-state index contributed by atoms with van der Waals surface area (Å²) >= 11 is 2.90. The number of allylic oxidation sites excluding steroid dienone is 1. The number of rotatable bonds is 6. The first-order chi connectivity index (χ1) is 13.4. The molecule has 3 heterocycles. The first-order valence-electron chi connectivity index (χ1n) is 9.66. The van der Waals surface area contributed by atoms with E-state index in [1.165, 1.54) is 23.1 Å². The second-order valence-electron chi connectivity index (χ2n) is 7.08. The fourth-order valence-electron chi connectivity index (χ4n) is 3.44. The van der Waals surface area contributed by atoms with Gasteiger partial charge in [0.2, 0.25) is 5.91 Å². The zero-order chi connectivity index (χ0) is 20.4. The summed E-state index contributed by atoms with van der Waals surface area (Å²) in [5.41, 5.74) is 0.940. The Morgan fingerprint density at radius 3 is 2.61 bits per heavy atom. The molecule has 152 valence electrons. The van der Waals surface area contributed by atoms with E-state index in [2.05, 4.69) is 18.4 Å². The number of likely N-dealkylation sites (N-methyl/N-ethyl adjacent to an activating group) is 1. The van der Waals surface area contributed by atoms with Crippen LogP contribution in [0.3, 0.4) is 0 Å². The number of nitrogens with zero attached hydrogens (tertiary/aromatic N) is 4. The minimum atomic E-state index is -0.296. The van der Waals surface area contributed by atoms with Gasteiger partial charge in [-0.25, -0.2) is 4.98 Å². The summed E-state index contributed by atoms with van der Waals surface area (Å²) < 4.78 is 1.64. The minimum Gasteiger partial charge on any atom is -0.339 e. The molecule has 1 aliphatic heterocycles. The van der Waals surface area contributed by atoms with Gasteiger partial charge in [0.25, 0.3) is 5.56 Å². The standard InChI is InChI=1S/C20H28N4O2S2/c1-6-8-24-19(26)16-13(3)14(4)27-17(16)21-20(24)28-15(5)18(25)23-11-9-22(7-2)10-12-23/h6,15H,1,7-12H2,2-5H3/t15-/m1/s1. The lowest BCUT2D eigenvalue weighted by molar-refractivity contribution is -0.132. The number of carbonyl (C=O) groups excluding carboxylic acids is 1. The predicted octanol–water partition coefficient (Wildman–Crippen LogP) is 2.91. The first kappa shape index (κ1) is 21.1. The van der Waals surface area contributed by atoms with Crippen LogP contribution in [0.4, 0.5) is 0 Å². The lowest BCUT2D eigenvalue weighted by Crippen LogP contribution is -2.50. The average Bonchev–Trinajstić information content (AvgIpc) is 2.98. The van der Waals surface area contributed by atoms with Gasteiger partial charge in [-0.2, -0.15) is 0 Å². The van der Waals surface area contributed by atoms with Crippen molar-refractivity contribution in [1.29, 1.82) is 0 Å². The summed E-state index contributed by atoms with van der Waals surface area (Å²) in [6, 6.07) is 0. The summed E-state index contributed by atoms with van der Waals surface area (Å²) in [4.78, 5) is 36.9. The Hall–Kier alpha value is -1.64. The molecule has 0 N–H and O–H groups in total. The highest BCUT2D eigenvalue weighted by atomic mass is 32.2. The van der Waals surface area contributed by atoms with E-state index in [0.717, 1.165) is 48.0 Å². The zero-order valence-electron chi connectivity index (χ0n) is 17.0. The third-order valence-electron chi connectivity index (χ3n) is 5.33. The van der Waals surface area contributed by atoms with E-state index >= 15 is 0 Å². The maximum absolute atomic E-state index is 13.1. The molecule has 0 aromatic carbocycles. The van der Waals surface area contributed by atoms with Crippen molar-refractivity contribution in [2.24, 2.45) is 0 Å². The van der Waals surface area contributed by atoms with Gasteiger partial charge in [0.15, 0.2) is 5.16 Å². The molecule has 0 aliphatic carbocycles. The third-order valence-corrected chi connectivity index (χ3v) is 7.51. The number of carbonyl (C=O) groups is 1. The van der Waals surface area contributed by atoms with Gasteiger partial charge in [-0.3, -0.25) is 14.2 Å². The van der Waals surface area contributed by atoms with Crippen LogP contribution in [0.15, 0.2) is 22.6 Å². The van der Waals surface area contributed by atoms with Crippen LogP contribution >= 0.6 is 23.1 Å². The number of thioether (sulfide) groups is 1. The van der Waals surface area contributed by atoms with Crippen molar-refractivity contribution >= 4 is 39.2 Å². The second-order valence-corrected chi connectivity index (χ2v) is 9.59. The smallest absolute Gasteiger partial charge is 0.263 e. The van der Waals surface area contributed by atoms with Crippen LogP contribution in [0.1, 0.15) is 24.3 Å². The maximum Gasteiger partial charge on any atom is 0.263 e. The summed E-state index contributed by atoms with van der Waals surface area (Å²) in [7, 11) is 0. The van der Waals surface area contributed by atoms with Gasteiger partial charge in [-0.05, 0) is 32.9 Å². The monoisotopic (exact) mass is 420 g/mol. The maximum atomic E-state index is 13.1. The Kier molecular flexibility index (Phi) is 6.62. The molecular formula is C20H28N4O2S2. The number of piperazine rings is 1. The van der Waals surface area contributed by atoms with E-state index in [1.54, 1.807) is 10.6 Å². The molecule has 0 unspecified atom stereocenters. The first-order valence-corrected chi connectivity index (χ1v) is 11.4. The van der Waals surface area contributed by atoms with Crippen molar-refractivity contribution in [3.8, 4) is 0 Å². The number of aromatic nitrogens is 2. The molecule has 2 aromatic rings. The van der Waals surface area contributed by atoms with Gasteiger partial charge >= 0.3 is 0 Å². The number of thiophene rings is 1. The zero-order valence-corrected chi connectivity index (χ0v) is 18.7. The molecule has 1 amide bonds. The van der Waals surface area contributed by atoms with Crippen molar-refractivity contribution in [2.75, 3.05) is 32.7 Å². The highest BCUT2D eigenvalue weighted by molar-refractivity contribution is 8.00. The Morgan fingerprint density at radius 2 is 2.00 bits per heavy atom. The lowest BCUT2D eigenvalue weighted by Gasteiger charge is -2.35. The minimum absolute atomic E-state index is 0.0505. The van der Waals surface area contributed by atoms with Crippen LogP contribution in [0.2, 0.25) is 0 Å². The number of fused-ring (bicyclic) bond motifs is 1. The van der Waals surface area contributed by atoms with Crippen molar-refractivity contribution in [3.05, 3.63) is 33.4 Å². The highest BCUT2D eigenvalue weighted by Crippen LogP contribution is 2.30. The van der Waals surface area contributed by atoms with Gasteiger partial charge in [0, 0.05) is 37.6 Å². The summed E-state index contributed by atoms with van der Waals surface area (Å²) in [6.07, 6.45) is 1.70. The topological polar surface area (TPSA) is 58.4 Å². The Labute approximate surface area is 174 Å². The molecule has 0 saturated carbocycles. The number of amides is 1. The van der Waals surface area contributed by atoms with Gasteiger partial charge in [0.05, 0.1) is 10.6 Å². The molecular weight excluding hydrogens is 392 g/mol. The molecule has 6 nitrogen and oxygen atoms in total. The quantitative estimate of drug-likeness (QED) is 0.409. The van der Waals surface area contributed by atoms with E-state index < -0.39 is 0 Å². The number of aryl methyl sites for hydroxylation is 2. The van der Waals surface area contributed by atoms with Crippen molar-refractivity contribution in [1.82, 2.24) is 19.4 Å². The molecule has 1 atom stereocenters. The molecule has 0 spiro atoms. The van der Waals surface area contributed by atoms with Gasteiger partial charge in [0.1, 0.15) is 4.83 Å². The van der Waals surface area contributed by atoms with Crippen LogP contribution in [-0.2, 0) is 11.3 Å². The van der Waals surface area contributed by atoms with Crippen molar-refractivity contribution < 1.29 is 4.79 Å². The van der Waals surface area contributed by atoms with Gasteiger partial charge in [-0.15, -0.1) is 17.9 Å². The molecule has 28 heavy (non-hydrogen) atoms. The third kappa shape index (κ3) is 4.04. The van der Waals surface area contributed by atoms with E-state index in [1.807, 2.05) is 25.7 Å². The molecule has 8 heteroatoms. The lowest BCUT2D eigenvalue weighted by atomic mass is 10.2. The van der Waals surface area contributed by atoms with E-state index in [-0.39, 0.29) is 16.7 Å². The fraction of sp³-hybridized carbons (Fsp3) is 0.550. The fourth-order valence-corrected chi connectivity index (χ4v) is 5.51. The van der Waals surface area contributed by atoms with Gasteiger partial charge < -0.3 is 9.80 Å². The predicted molar refractivity (Wildman–Crippen MR) is 118 cm³/mol. The Bertz CT molecular complexity index is 942. The second kappa shape index (κ2) is 8.80. The molecule has 1 fully saturated rings. The van der Waals surface area contributed by atoms with Crippen LogP contribution in [0, 0.1) is 13.8 Å². The van der Waals surface area contributed by atoms with E-state index in [0.29, 0.717) is 17.1 Å². The SMILES string of the molecule is C=CCn1c(S[C@H](C)C(=O)N2CCN(CC)CC2)nc2sc(C)c(C)c2c1=O. The molecule has 0 radical (unpaired) electrons. The Morgan fingerprint density at radius 1 is 1.32 bits per heavy atom. The molecule has 1 aliphatic rings. The molecule has 0 bridgehead atoms. The largest absolute Gasteiger partial charge is 0.339 e. The van der Waals surface area contributed by atoms with E-state index in [4.69, 9.17) is 4.98 Å². The van der Waals surface area contributed by atoms with Crippen molar-refractivity contribution in [3.63, 3.8) is 0 Å². The summed E-state index contributed by atoms with van der Waals surface area (Å²) in [6.45, 7) is 16.5. The molecule has 2 aromatic heterocycles. The van der Waals surface area contributed by atoms with Gasteiger partial charge in [-0.1, -0.05) is 24.8 Å². The molecule has 1 saturated heterocycles. The van der Waals surface area contributed by atoms with E-state index in [9.17, 15) is 9.59 Å². The molecule has 3 rings (SSSR count). The highest BCUT2D eigenvalue weighted by Gasteiger charge is 2.27. The van der Waals surface area contributed by atoms with Crippen molar-refractivity contribution in [2.45, 2.75) is 44.6 Å². The Balaban J connectivity index is 1.86. The summed E-state index contributed by atoms with van der Waals surface area (Å²) in [5, 5.41) is 0.978. The van der Waals surface area contributed by atoms with Crippen LogP contribution in [0.25, 0.3) is 10.2 Å².